The smallest absolute Gasteiger partial charge is 0.338 e. The highest BCUT2D eigenvalue weighted by Gasteiger charge is 2.24. The Morgan fingerprint density at radius 2 is 2.00 bits per heavy atom. The van der Waals surface area contributed by atoms with Gasteiger partial charge in [-0.05, 0) is 54.4 Å². The molecule has 1 amide bonds. The molecule has 3 rings (SSSR count). The third kappa shape index (κ3) is 4.25. The molecule has 0 radical (unpaired) electrons. The van der Waals surface area contributed by atoms with Crippen molar-refractivity contribution in [2.75, 3.05) is 6.61 Å². The predicted molar refractivity (Wildman–Crippen MR) is 111 cm³/mol. The summed E-state index contributed by atoms with van der Waals surface area (Å²) in [6.07, 6.45) is 3.44. The summed E-state index contributed by atoms with van der Waals surface area (Å²) in [5, 5.41) is 3.77. The van der Waals surface area contributed by atoms with E-state index in [9.17, 15) is 9.59 Å². The number of esters is 1. The number of hydrogen-bond donors (Lipinski definition) is 1. The van der Waals surface area contributed by atoms with E-state index in [0.29, 0.717) is 11.1 Å². The predicted octanol–water partition coefficient (Wildman–Crippen LogP) is 4.01. The van der Waals surface area contributed by atoms with E-state index in [0.717, 1.165) is 21.1 Å². The van der Waals surface area contributed by atoms with E-state index < -0.39 is 11.5 Å². The second-order valence-corrected chi connectivity index (χ2v) is 8.27. The van der Waals surface area contributed by atoms with Crippen molar-refractivity contribution < 1.29 is 14.3 Å². The van der Waals surface area contributed by atoms with Crippen molar-refractivity contribution in [2.45, 2.75) is 26.3 Å². The number of fused-ring (bicyclic) bond motifs is 1. The fourth-order valence-electron chi connectivity index (χ4n) is 2.88. The lowest BCUT2D eigenvalue weighted by atomic mass is 10.1. The SMILES string of the molecule is Cc1ccccc1C(=O)OCC(C)(C)NC(=O)c1cnc2c(c1)c(Br)cn2C. The fraction of sp³-hybridized carbons (Fsp3) is 0.286. The molecular formula is C21H22BrN3O3. The van der Waals surface area contributed by atoms with Crippen LogP contribution in [0, 0.1) is 6.92 Å². The molecular weight excluding hydrogens is 422 g/mol. The van der Waals surface area contributed by atoms with Crippen molar-refractivity contribution in [1.29, 1.82) is 0 Å². The van der Waals surface area contributed by atoms with Gasteiger partial charge in [-0.25, -0.2) is 9.78 Å². The number of amides is 1. The number of ether oxygens (including phenoxy) is 1. The Morgan fingerprint density at radius 3 is 2.71 bits per heavy atom. The number of carbonyl (C=O) groups excluding carboxylic acids is 2. The van der Waals surface area contributed by atoms with Crippen molar-refractivity contribution in [3.63, 3.8) is 0 Å². The topological polar surface area (TPSA) is 73.2 Å². The van der Waals surface area contributed by atoms with Gasteiger partial charge in [0.05, 0.1) is 16.7 Å². The monoisotopic (exact) mass is 443 g/mol. The van der Waals surface area contributed by atoms with Crippen molar-refractivity contribution in [1.82, 2.24) is 14.9 Å². The normalized spacial score (nSPS) is 11.5. The summed E-state index contributed by atoms with van der Waals surface area (Å²) >= 11 is 3.48. The second-order valence-electron chi connectivity index (χ2n) is 7.41. The molecule has 0 aliphatic carbocycles. The first-order valence-corrected chi connectivity index (χ1v) is 9.63. The van der Waals surface area contributed by atoms with Gasteiger partial charge in [0.25, 0.3) is 5.91 Å². The van der Waals surface area contributed by atoms with Crippen LogP contribution in [0.2, 0.25) is 0 Å². The fourth-order valence-corrected chi connectivity index (χ4v) is 3.48. The second kappa shape index (κ2) is 7.75. The van der Waals surface area contributed by atoms with Gasteiger partial charge in [0, 0.05) is 29.3 Å². The number of aryl methyl sites for hydroxylation is 2. The molecule has 0 aliphatic rings. The molecule has 1 N–H and O–H groups in total. The van der Waals surface area contributed by atoms with Gasteiger partial charge in [-0.1, -0.05) is 18.2 Å². The van der Waals surface area contributed by atoms with E-state index >= 15 is 0 Å². The van der Waals surface area contributed by atoms with Crippen molar-refractivity contribution in [3.05, 3.63) is 63.9 Å². The number of nitrogens with one attached hydrogen (secondary N) is 1. The van der Waals surface area contributed by atoms with Gasteiger partial charge in [-0.15, -0.1) is 0 Å². The highest BCUT2D eigenvalue weighted by molar-refractivity contribution is 9.10. The molecule has 6 nitrogen and oxygen atoms in total. The molecule has 2 aromatic heterocycles. The van der Waals surface area contributed by atoms with Gasteiger partial charge in [-0.3, -0.25) is 4.79 Å². The van der Waals surface area contributed by atoms with Crippen LogP contribution in [0.5, 0.6) is 0 Å². The van der Waals surface area contributed by atoms with E-state index in [1.165, 1.54) is 0 Å². The summed E-state index contributed by atoms with van der Waals surface area (Å²) in [5.74, 6) is -0.682. The lowest BCUT2D eigenvalue weighted by Crippen LogP contribution is -2.47. The number of hydrogen-bond acceptors (Lipinski definition) is 4. The molecule has 3 aromatic rings. The summed E-state index contributed by atoms with van der Waals surface area (Å²) in [6, 6.07) is 9.03. The van der Waals surface area contributed by atoms with Crippen LogP contribution >= 0.6 is 15.9 Å². The molecule has 1 aromatic carbocycles. The zero-order valence-corrected chi connectivity index (χ0v) is 17.8. The summed E-state index contributed by atoms with van der Waals surface area (Å²) in [6.45, 7) is 5.52. The number of nitrogens with zero attached hydrogens (tertiary/aromatic N) is 2. The van der Waals surface area contributed by atoms with Gasteiger partial charge in [-0.2, -0.15) is 0 Å². The average molecular weight is 444 g/mol. The molecule has 146 valence electrons. The summed E-state index contributed by atoms with van der Waals surface area (Å²) in [4.78, 5) is 29.3. The molecule has 0 saturated heterocycles. The Morgan fingerprint density at radius 1 is 1.29 bits per heavy atom. The minimum absolute atomic E-state index is 0.0522. The number of carbonyl (C=O) groups is 2. The minimum Gasteiger partial charge on any atom is -0.460 e. The van der Waals surface area contributed by atoms with E-state index in [1.807, 2.05) is 36.9 Å². The minimum atomic E-state index is -0.738. The van der Waals surface area contributed by atoms with E-state index in [-0.39, 0.29) is 12.5 Å². The number of halogens is 1. The van der Waals surface area contributed by atoms with Crippen molar-refractivity contribution in [2.24, 2.45) is 7.05 Å². The van der Waals surface area contributed by atoms with Gasteiger partial charge >= 0.3 is 5.97 Å². The molecule has 0 fully saturated rings. The van der Waals surface area contributed by atoms with Crippen LogP contribution in [0.1, 0.15) is 40.1 Å². The largest absolute Gasteiger partial charge is 0.460 e. The molecule has 28 heavy (non-hydrogen) atoms. The highest BCUT2D eigenvalue weighted by Crippen LogP contribution is 2.25. The van der Waals surface area contributed by atoms with Gasteiger partial charge in [0.15, 0.2) is 0 Å². The van der Waals surface area contributed by atoms with Crippen LogP contribution in [0.4, 0.5) is 0 Å². The third-order valence-electron chi connectivity index (χ3n) is 4.41. The van der Waals surface area contributed by atoms with Crippen molar-refractivity contribution >= 4 is 38.8 Å². The molecule has 0 unspecified atom stereocenters. The molecule has 2 heterocycles. The molecule has 0 aliphatic heterocycles. The number of aromatic nitrogens is 2. The maximum absolute atomic E-state index is 12.7. The molecule has 7 heteroatoms. The lowest BCUT2D eigenvalue weighted by Gasteiger charge is -2.26. The maximum atomic E-state index is 12.7. The first kappa shape index (κ1) is 20.1. The van der Waals surface area contributed by atoms with Crippen LogP contribution < -0.4 is 5.32 Å². The lowest BCUT2D eigenvalue weighted by molar-refractivity contribution is 0.0389. The number of benzene rings is 1. The van der Waals surface area contributed by atoms with Gasteiger partial charge in [0.2, 0.25) is 0 Å². The first-order chi connectivity index (χ1) is 13.2. The Hall–Kier alpha value is -2.67. The highest BCUT2D eigenvalue weighted by atomic mass is 79.9. The molecule has 0 spiro atoms. The average Bonchev–Trinajstić information content (AvgIpc) is 2.93. The van der Waals surface area contributed by atoms with Crippen LogP contribution in [0.3, 0.4) is 0 Å². The zero-order valence-electron chi connectivity index (χ0n) is 16.2. The van der Waals surface area contributed by atoms with Crippen LogP contribution in [-0.2, 0) is 11.8 Å². The van der Waals surface area contributed by atoms with E-state index in [2.05, 4.69) is 26.2 Å². The van der Waals surface area contributed by atoms with Crippen LogP contribution in [0.25, 0.3) is 11.0 Å². The van der Waals surface area contributed by atoms with E-state index in [1.54, 1.807) is 38.2 Å². The van der Waals surface area contributed by atoms with Gasteiger partial charge in [0.1, 0.15) is 12.3 Å². The Kier molecular flexibility index (Phi) is 5.56. The van der Waals surface area contributed by atoms with Crippen LogP contribution in [-0.4, -0.2) is 33.6 Å². The summed E-state index contributed by atoms with van der Waals surface area (Å²) in [5.41, 5.74) is 1.86. The quantitative estimate of drug-likeness (QED) is 0.604. The standard InChI is InChI=1S/C21H22BrN3O3/c1-13-7-5-6-8-15(13)20(27)28-12-21(2,3)24-19(26)14-9-16-17(22)11-25(4)18(16)23-10-14/h5-11H,12H2,1-4H3,(H,24,26). The Balaban J connectivity index is 1.68. The van der Waals surface area contributed by atoms with Gasteiger partial charge < -0.3 is 14.6 Å². The zero-order chi connectivity index (χ0) is 20.5. The maximum Gasteiger partial charge on any atom is 0.338 e. The van der Waals surface area contributed by atoms with Crippen molar-refractivity contribution in [3.8, 4) is 0 Å². The van der Waals surface area contributed by atoms with Crippen LogP contribution in [0.15, 0.2) is 47.2 Å². The first-order valence-electron chi connectivity index (χ1n) is 8.84. The van der Waals surface area contributed by atoms with E-state index in [4.69, 9.17) is 4.74 Å². The summed E-state index contributed by atoms with van der Waals surface area (Å²) < 4.78 is 8.18. The molecule has 0 saturated carbocycles. The molecule has 0 atom stereocenters. The molecule has 0 bridgehead atoms. The summed E-state index contributed by atoms with van der Waals surface area (Å²) in [7, 11) is 1.89. The Bertz CT molecular complexity index is 1060. The number of rotatable bonds is 5. The number of pyridine rings is 1. The Labute approximate surface area is 172 Å². The third-order valence-corrected chi connectivity index (χ3v) is 5.04.